The van der Waals surface area contributed by atoms with Crippen LogP contribution in [0.4, 0.5) is 11.4 Å². The maximum Gasteiger partial charge on any atom is 0.323 e. The van der Waals surface area contributed by atoms with Gasteiger partial charge in [-0.15, -0.1) is 0 Å². The van der Waals surface area contributed by atoms with Crippen molar-refractivity contribution >= 4 is 46.9 Å². The van der Waals surface area contributed by atoms with E-state index in [9.17, 15) is 28.8 Å². The zero-order chi connectivity index (χ0) is 28.8. The van der Waals surface area contributed by atoms with Crippen LogP contribution < -0.4 is 9.80 Å². The van der Waals surface area contributed by atoms with Crippen LogP contribution >= 0.6 is 0 Å². The molecule has 0 aromatic heterocycles. The third-order valence-electron chi connectivity index (χ3n) is 9.73. The summed E-state index contributed by atoms with van der Waals surface area (Å²) < 4.78 is 10.1. The van der Waals surface area contributed by atoms with Gasteiger partial charge in [0.25, 0.3) is 0 Å². The van der Waals surface area contributed by atoms with Crippen LogP contribution in [0.25, 0.3) is 0 Å². The standard InChI is InChI=1S/C31H26N2O8/c1-40-29(38)31(30(39)41-2)13-17-18(14-31)20-22-21(25(34)32(26(22)35)15-9-5-3-6-10-15)19(17)23-24(20)28(37)33(27(23)36)16-11-7-4-8-12-16/h3-12,19-24H,13-14H2,1-2H3. The smallest absolute Gasteiger partial charge is 0.323 e. The van der Waals surface area contributed by atoms with Gasteiger partial charge in [0, 0.05) is 11.8 Å². The molecule has 2 aliphatic heterocycles. The topological polar surface area (TPSA) is 127 Å². The number of benzene rings is 2. The monoisotopic (exact) mass is 554 g/mol. The van der Waals surface area contributed by atoms with Crippen LogP contribution in [-0.4, -0.2) is 49.8 Å². The Bertz CT molecular complexity index is 1420. The minimum absolute atomic E-state index is 0.102. The zero-order valence-electron chi connectivity index (χ0n) is 22.3. The molecule has 10 heteroatoms. The number of nitrogens with zero attached hydrogens (tertiary/aromatic N) is 2. The summed E-state index contributed by atoms with van der Waals surface area (Å²) in [6, 6.07) is 17.1. The van der Waals surface area contributed by atoms with Crippen molar-refractivity contribution in [3.63, 3.8) is 0 Å². The maximum absolute atomic E-state index is 14.1. The Balaban J connectivity index is 1.39. The summed E-state index contributed by atoms with van der Waals surface area (Å²) in [6.45, 7) is 0. The summed E-state index contributed by atoms with van der Waals surface area (Å²) in [5.74, 6) is -8.68. The first-order valence-corrected chi connectivity index (χ1v) is 13.5. The zero-order valence-corrected chi connectivity index (χ0v) is 22.3. The van der Waals surface area contributed by atoms with Gasteiger partial charge >= 0.3 is 11.9 Å². The fraction of sp³-hybridized carbons (Fsp3) is 0.355. The summed E-state index contributed by atoms with van der Waals surface area (Å²) in [6.07, 6.45) is -0.205. The molecule has 2 aromatic rings. The number of ether oxygens (including phenoxy) is 2. The Morgan fingerprint density at radius 1 is 0.585 bits per heavy atom. The number of esters is 2. The number of carbonyl (C=O) groups excluding carboxylic acids is 6. The molecule has 8 rings (SSSR count). The molecule has 0 radical (unpaired) electrons. The summed E-state index contributed by atoms with van der Waals surface area (Å²) >= 11 is 0. The third-order valence-corrected chi connectivity index (χ3v) is 9.73. The molecule has 4 amide bonds. The van der Waals surface area contributed by atoms with Crippen molar-refractivity contribution in [1.82, 2.24) is 0 Å². The predicted octanol–water partition coefficient (Wildman–Crippen LogP) is 2.28. The van der Waals surface area contributed by atoms with Gasteiger partial charge in [0.15, 0.2) is 5.41 Å². The van der Waals surface area contributed by atoms with Crippen molar-refractivity contribution in [2.75, 3.05) is 24.0 Å². The summed E-state index contributed by atoms with van der Waals surface area (Å²) in [4.78, 5) is 84.9. The van der Waals surface area contributed by atoms with E-state index in [4.69, 9.17) is 9.47 Å². The number of hydrogen-bond donors (Lipinski definition) is 0. The average Bonchev–Trinajstić information content (AvgIpc) is 3.63. The highest BCUT2D eigenvalue weighted by molar-refractivity contribution is 6.26. The lowest BCUT2D eigenvalue weighted by atomic mass is 9.50. The van der Waals surface area contributed by atoms with E-state index in [2.05, 4.69) is 0 Å². The van der Waals surface area contributed by atoms with Crippen molar-refractivity contribution in [2.24, 2.45) is 40.9 Å². The van der Waals surface area contributed by atoms with E-state index < -0.39 is 76.5 Å². The van der Waals surface area contributed by atoms with E-state index in [0.29, 0.717) is 22.5 Å². The Morgan fingerprint density at radius 2 is 0.902 bits per heavy atom. The highest BCUT2D eigenvalue weighted by atomic mass is 16.5. The molecule has 0 N–H and O–H groups in total. The maximum atomic E-state index is 14.1. The lowest BCUT2D eigenvalue weighted by Crippen LogP contribution is -2.53. The van der Waals surface area contributed by atoms with Crippen LogP contribution in [0.3, 0.4) is 0 Å². The number of amides is 4. The van der Waals surface area contributed by atoms with Gasteiger partial charge < -0.3 is 9.47 Å². The van der Waals surface area contributed by atoms with Gasteiger partial charge in [0.2, 0.25) is 23.6 Å². The first-order valence-electron chi connectivity index (χ1n) is 13.5. The second kappa shape index (κ2) is 8.70. The molecule has 41 heavy (non-hydrogen) atoms. The molecule has 10 nitrogen and oxygen atoms in total. The highest BCUT2D eigenvalue weighted by Gasteiger charge is 2.74. The number of carbonyl (C=O) groups is 6. The molecule has 2 aromatic carbocycles. The highest BCUT2D eigenvalue weighted by Crippen LogP contribution is 2.68. The Kier molecular flexibility index (Phi) is 5.38. The first-order chi connectivity index (χ1) is 19.8. The van der Waals surface area contributed by atoms with Gasteiger partial charge in [-0.2, -0.15) is 0 Å². The second-order valence-corrected chi connectivity index (χ2v) is 11.3. The Labute approximate surface area is 234 Å². The number of para-hydroxylation sites is 2. The molecule has 4 unspecified atom stereocenters. The van der Waals surface area contributed by atoms with E-state index in [0.717, 1.165) is 9.80 Å². The molecule has 2 bridgehead atoms. The molecule has 4 atom stereocenters. The molecule has 2 saturated heterocycles. The summed E-state index contributed by atoms with van der Waals surface area (Å²) in [5.41, 5.74) is 0.353. The number of rotatable bonds is 4. The van der Waals surface area contributed by atoms with Crippen molar-refractivity contribution in [1.29, 1.82) is 0 Å². The van der Waals surface area contributed by atoms with Crippen LogP contribution in [0, 0.1) is 40.9 Å². The minimum Gasteiger partial charge on any atom is -0.468 e. The number of allylic oxidation sites excluding steroid dienone is 2. The number of methoxy groups -OCH3 is 2. The second-order valence-electron chi connectivity index (χ2n) is 11.3. The van der Waals surface area contributed by atoms with E-state index in [1.807, 2.05) is 0 Å². The summed E-state index contributed by atoms with van der Waals surface area (Å²) in [7, 11) is 2.36. The fourth-order valence-electron chi connectivity index (χ4n) is 8.28. The van der Waals surface area contributed by atoms with E-state index in [1.165, 1.54) is 14.2 Å². The van der Waals surface area contributed by atoms with Crippen molar-refractivity contribution in [2.45, 2.75) is 12.8 Å². The molecule has 2 heterocycles. The normalized spacial score (nSPS) is 30.9. The number of anilines is 2. The van der Waals surface area contributed by atoms with Crippen LogP contribution in [0.1, 0.15) is 12.8 Å². The van der Waals surface area contributed by atoms with Crippen molar-refractivity contribution < 1.29 is 38.2 Å². The SMILES string of the molecule is COC(=O)C1(C(=O)OC)CC2=C(C1)C1C3C(=O)N(c4ccccc4)C(=O)C3C2C2C(=O)N(c3ccccc3)C(=O)C21. The van der Waals surface area contributed by atoms with Gasteiger partial charge in [-0.25, -0.2) is 0 Å². The van der Waals surface area contributed by atoms with Crippen LogP contribution in [0.5, 0.6) is 0 Å². The van der Waals surface area contributed by atoms with Gasteiger partial charge in [-0.3, -0.25) is 38.6 Å². The lowest BCUT2D eigenvalue weighted by Gasteiger charge is -2.49. The van der Waals surface area contributed by atoms with Gasteiger partial charge in [0.1, 0.15) is 0 Å². The first kappa shape index (κ1) is 25.4. The number of hydrogen-bond acceptors (Lipinski definition) is 8. The molecular formula is C31H26N2O8. The molecule has 4 aliphatic carbocycles. The Hall–Kier alpha value is -4.60. The van der Waals surface area contributed by atoms with Gasteiger partial charge in [0.05, 0.1) is 49.3 Å². The lowest BCUT2D eigenvalue weighted by molar-refractivity contribution is -0.168. The van der Waals surface area contributed by atoms with Crippen LogP contribution in [0.15, 0.2) is 71.8 Å². The van der Waals surface area contributed by atoms with Gasteiger partial charge in [-0.05, 0) is 37.1 Å². The average molecular weight is 555 g/mol. The van der Waals surface area contributed by atoms with E-state index in [-0.39, 0.29) is 12.8 Å². The molecule has 208 valence electrons. The quantitative estimate of drug-likeness (QED) is 0.244. The van der Waals surface area contributed by atoms with E-state index >= 15 is 0 Å². The van der Waals surface area contributed by atoms with Crippen molar-refractivity contribution in [3.8, 4) is 0 Å². The third kappa shape index (κ3) is 3.07. The molecule has 0 spiro atoms. The largest absolute Gasteiger partial charge is 0.468 e. The van der Waals surface area contributed by atoms with E-state index in [1.54, 1.807) is 60.7 Å². The fourth-order valence-corrected chi connectivity index (χ4v) is 8.28. The predicted molar refractivity (Wildman–Crippen MR) is 142 cm³/mol. The Morgan fingerprint density at radius 3 is 1.20 bits per heavy atom. The summed E-state index contributed by atoms with van der Waals surface area (Å²) in [5, 5.41) is 0. The molecule has 6 aliphatic rings. The molecule has 3 fully saturated rings. The molecule has 1 saturated carbocycles. The van der Waals surface area contributed by atoms with Crippen LogP contribution in [0.2, 0.25) is 0 Å². The van der Waals surface area contributed by atoms with Crippen molar-refractivity contribution in [3.05, 3.63) is 71.8 Å². The minimum atomic E-state index is -1.71. The molecular weight excluding hydrogens is 528 g/mol. The van der Waals surface area contributed by atoms with Gasteiger partial charge in [-0.1, -0.05) is 47.5 Å². The van der Waals surface area contributed by atoms with Crippen LogP contribution in [-0.2, 0) is 38.2 Å². The number of imide groups is 2.